The molecule has 4 N–H and O–H groups in total. The van der Waals surface area contributed by atoms with Crippen LogP contribution < -0.4 is 11.1 Å². The maximum Gasteiger partial charge on any atom is 0.224 e. The van der Waals surface area contributed by atoms with Crippen LogP contribution in [0.4, 0.5) is 5.69 Å². The van der Waals surface area contributed by atoms with Gasteiger partial charge >= 0.3 is 0 Å². The average Bonchev–Trinajstić information content (AvgIpc) is 2.48. The smallest absolute Gasteiger partial charge is 0.224 e. The number of unbranched alkanes of at least 4 members (excludes halogenated alkanes) is 4. The Morgan fingerprint density at radius 2 is 2.05 bits per heavy atom. The van der Waals surface area contributed by atoms with Crippen molar-refractivity contribution >= 4 is 33.4 Å². The Kier molecular flexibility index (Phi) is 7.82. The molecule has 0 aliphatic rings. The van der Waals surface area contributed by atoms with Crippen LogP contribution in [-0.2, 0) is 4.79 Å². The second-order valence-corrected chi connectivity index (χ2v) is 5.80. The van der Waals surface area contributed by atoms with Crippen LogP contribution in [0.1, 0.15) is 51.0 Å². The van der Waals surface area contributed by atoms with Gasteiger partial charge in [0.25, 0.3) is 0 Å². The maximum absolute atomic E-state index is 11.9. The molecule has 1 amide bonds. The standard InChI is InChI=1S/C15H22BrN3O2/c1-2-3-4-5-6-7-14(20)18-13-9-8-11(16)10-12(13)15(17)19-21/h8-10,21H,2-7H2,1H3,(H2,17,19)(H,18,20). The number of benzene rings is 1. The number of rotatable bonds is 8. The molecule has 0 unspecified atom stereocenters. The summed E-state index contributed by atoms with van der Waals surface area (Å²) in [7, 11) is 0. The van der Waals surface area contributed by atoms with Gasteiger partial charge in [0.05, 0.1) is 5.69 Å². The summed E-state index contributed by atoms with van der Waals surface area (Å²) < 4.78 is 0.793. The minimum absolute atomic E-state index is 0.0328. The molecule has 0 aliphatic carbocycles. The van der Waals surface area contributed by atoms with Crippen LogP contribution in [-0.4, -0.2) is 17.0 Å². The second kappa shape index (κ2) is 9.39. The molecule has 0 saturated carbocycles. The second-order valence-electron chi connectivity index (χ2n) is 4.89. The van der Waals surface area contributed by atoms with Crippen molar-refractivity contribution in [2.45, 2.75) is 45.4 Å². The zero-order chi connectivity index (χ0) is 15.7. The zero-order valence-corrected chi connectivity index (χ0v) is 13.8. The van der Waals surface area contributed by atoms with Gasteiger partial charge in [0, 0.05) is 16.5 Å². The molecule has 21 heavy (non-hydrogen) atoms. The van der Waals surface area contributed by atoms with E-state index in [-0.39, 0.29) is 11.7 Å². The van der Waals surface area contributed by atoms with Gasteiger partial charge in [-0.1, -0.05) is 53.7 Å². The van der Waals surface area contributed by atoms with E-state index in [0.717, 1.165) is 23.7 Å². The minimum atomic E-state index is -0.0548. The number of hydrogen-bond acceptors (Lipinski definition) is 3. The number of carbonyl (C=O) groups is 1. The lowest BCUT2D eigenvalue weighted by atomic mass is 10.1. The van der Waals surface area contributed by atoms with Crippen LogP contribution in [0.3, 0.4) is 0 Å². The number of amides is 1. The van der Waals surface area contributed by atoms with E-state index < -0.39 is 0 Å². The van der Waals surface area contributed by atoms with Crippen molar-refractivity contribution in [2.75, 3.05) is 5.32 Å². The molecule has 1 rings (SSSR count). The lowest BCUT2D eigenvalue weighted by Gasteiger charge is -2.10. The van der Waals surface area contributed by atoms with Crippen LogP contribution in [0.15, 0.2) is 27.8 Å². The van der Waals surface area contributed by atoms with Crippen LogP contribution in [0.2, 0.25) is 0 Å². The number of nitrogens with zero attached hydrogens (tertiary/aromatic N) is 1. The van der Waals surface area contributed by atoms with Crippen molar-refractivity contribution in [3.63, 3.8) is 0 Å². The number of nitrogens with one attached hydrogen (secondary N) is 1. The number of nitrogens with two attached hydrogens (primary N) is 1. The normalized spacial score (nSPS) is 11.4. The monoisotopic (exact) mass is 355 g/mol. The van der Waals surface area contributed by atoms with Gasteiger partial charge in [0.15, 0.2) is 5.84 Å². The SMILES string of the molecule is CCCCCCCC(=O)Nc1ccc(Br)cc1/C(N)=N/O. The van der Waals surface area contributed by atoms with E-state index in [2.05, 4.69) is 33.3 Å². The van der Waals surface area contributed by atoms with E-state index in [1.165, 1.54) is 12.8 Å². The van der Waals surface area contributed by atoms with Gasteiger partial charge in [0.1, 0.15) is 0 Å². The molecule has 0 fully saturated rings. The number of halogens is 1. The summed E-state index contributed by atoms with van der Waals surface area (Å²) in [6.07, 6.45) is 5.99. The number of amidine groups is 1. The number of carbonyl (C=O) groups excluding carboxylic acids is 1. The molecule has 5 nitrogen and oxygen atoms in total. The summed E-state index contributed by atoms with van der Waals surface area (Å²) in [5, 5.41) is 14.6. The largest absolute Gasteiger partial charge is 0.409 e. The van der Waals surface area contributed by atoms with E-state index >= 15 is 0 Å². The molecule has 0 bridgehead atoms. The van der Waals surface area contributed by atoms with E-state index in [1.54, 1.807) is 18.2 Å². The summed E-state index contributed by atoms with van der Waals surface area (Å²) in [4.78, 5) is 11.9. The molecule has 1 aromatic rings. The molecule has 0 atom stereocenters. The number of anilines is 1. The van der Waals surface area contributed by atoms with Crippen molar-refractivity contribution < 1.29 is 10.0 Å². The van der Waals surface area contributed by atoms with Crippen molar-refractivity contribution in [3.05, 3.63) is 28.2 Å². The molecular formula is C15H22BrN3O2. The third-order valence-electron chi connectivity index (χ3n) is 3.15. The molecule has 0 aromatic heterocycles. The Balaban J connectivity index is 2.60. The van der Waals surface area contributed by atoms with Gasteiger partial charge in [-0.15, -0.1) is 0 Å². The van der Waals surface area contributed by atoms with Gasteiger partial charge in [-0.25, -0.2) is 0 Å². The van der Waals surface area contributed by atoms with E-state index in [1.807, 2.05) is 0 Å². The first kappa shape index (κ1) is 17.5. The number of oxime groups is 1. The van der Waals surface area contributed by atoms with Crippen molar-refractivity contribution in [3.8, 4) is 0 Å². The third-order valence-corrected chi connectivity index (χ3v) is 3.64. The van der Waals surface area contributed by atoms with Crippen molar-refractivity contribution in [2.24, 2.45) is 10.9 Å². The molecular weight excluding hydrogens is 334 g/mol. The molecule has 0 spiro atoms. The topological polar surface area (TPSA) is 87.7 Å². The molecule has 0 saturated heterocycles. The Morgan fingerprint density at radius 1 is 1.33 bits per heavy atom. The summed E-state index contributed by atoms with van der Waals surface area (Å²) >= 11 is 3.32. The third kappa shape index (κ3) is 6.16. The molecule has 1 aromatic carbocycles. The highest BCUT2D eigenvalue weighted by Gasteiger charge is 2.10. The first-order valence-corrected chi connectivity index (χ1v) is 7.95. The highest BCUT2D eigenvalue weighted by atomic mass is 79.9. The fraction of sp³-hybridized carbons (Fsp3) is 0.467. The predicted octanol–water partition coefficient (Wildman–Crippen LogP) is 3.84. The molecule has 0 heterocycles. The molecule has 6 heteroatoms. The highest BCUT2D eigenvalue weighted by Crippen LogP contribution is 2.21. The van der Waals surface area contributed by atoms with Gasteiger partial charge in [-0.3, -0.25) is 4.79 Å². The van der Waals surface area contributed by atoms with Crippen LogP contribution in [0, 0.1) is 0 Å². The lowest BCUT2D eigenvalue weighted by Crippen LogP contribution is -2.19. The Bertz CT molecular complexity index is 504. The highest BCUT2D eigenvalue weighted by molar-refractivity contribution is 9.10. The Morgan fingerprint density at radius 3 is 2.71 bits per heavy atom. The van der Waals surface area contributed by atoms with E-state index in [9.17, 15) is 4.79 Å². The average molecular weight is 356 g/mol. The van der Waals surface area contributed by atoms with Gasteiger partial charge in [-0.05, 0) is 24.6 Å². The fourth-order valence-corrected chi connectivity index (χ4v) is 2.35. The molecule has 0 aliphatic heterocycles. The fourth-order valence-electron chi connectivity index (χ4n) is 1.99. The first-order valence-electron chi connectivity index (χ1n) is 7.15. The van der Waals surface area contributed by atoms with E-state index in [4.69, 9.17) is 10.9 Å². The zero-order valence-electron chi connectivity index (χ0n) is 12.2. The summed E-state index contributed by atoms with van der Waals surface area (Å²) in [5.74, 6) is -0.0876. The van der Waals surface area contributed by atoms with Crippen molar-refractivity contribution in [1.82, 2.24) is 0 Å². The van der Waals surface area contributed by atoms with Gasteiger partial charge in [0.2, 0.25) is 5.91 Å². The van der Waals surface area contributed by atoms with Gasteiger partial charge in [-0.2, -0.15) is 0 Å². The quantitative estimate of drug-likeness (QED) is 0.217. The Hall–Kier alpha value is -1.56. The summed E-state index contributed by atoms with van der Waals surface area (Å²) in [5.41, 5.74) is 6.66. The van der Waals surface area contributed by atoms with Crippen LogP contribution in [0.25, 0.3) is 0 Å². The van der Waals surface area contributed by atoms with Crippen molar-refractivity contribution in [1.29, 1.82) is 0 Å². The maximum atomic E-state index is 11.9. The summed E-state index contributed by atoms with van der Waals surface area (Å²) in [6, 6.07) is 5.23. The predicted molar refractivity (Wildman–Crippen MR) is 88.7 cm³/mol. The lowest BCUT2D eigenvalue weighted by molar-refractivity contribution is -0.116. The van der Waals surface area contributed by atoms with Gasteiger partial charge < -0.3 is 16.3 Å². The molecule has 116 valence electrons. The van der Waals surface area contributed by atoms with Crippen LogP contribution >= 0.6 is 15.9 Å². The molecule has 0 radical (unpaired) electrons. The van der Waals surface area contributed by atoms with Crippen LogP contribution in [0.5, 0.6) is 0 Å². The first-order chi connectivity index (χ1) is 10.1. The van der Waals surface area contributed by atoms with E-state index in [0.29, 0.717) is 17.7 Å². The summed E-state index contributed by atoms with van der Waals surface area (Å²) in [6.45, 7) is 2.16. The minimum Gasteiger partial charge on any atom is -0.409 e. The number of hydrogen-bond donors (Lipinski definition) is 3. The Labute approximate surface area is 133 Å².